The van der Waals surface area contributed by atoms with Gasteiger partial charge in [-0.05, 0) is 30.2 Å². The van der Waals surface area contributed by atoms with E-state index >= 15 is 0 Å². The summed E-state index contributed by atoms with van der Waals surface area (Å²) in [7, 11) is -3.99. The number of aliphatic carboxylic acids is 1. The fourth-order valence-corrected chi connectivity index (χ4v) is 4.46. The van der Waals surface area contributed by atoms with Crippen molar-refractivity contribution >= 4 is 55.5 Å². The van der Waals surface area contributed by atoms with Gasteiger partial charge in [0.2, 0.25) is 15.9 Å². The van der Waals surface area contributed by atoms with Crippen molar-refractivity contribution in [2.45, 2.75) is 17.4 Å². The van der Waals surface area contributed by atoms with Crippen LogP contribution < -0.4 is 10.0 Å². The van der Waals surface area contributed by atoms with Gasteiger partial charge >= 0.3 is 5.97 Å². The number of sulfonamides is 1. The summed E-state index contributed by atoms with van der Waals surface area (Å²) in [6, 6.07) is 11.2. The van der Waals surface area contributed by atoms with Gasteiger partial charge in [0.15, 0.2) is 0 Å². The molecule has 0 aromatic heterocycles. The SMILES string of the molecule is CSC(=N)c1ccc(CC(NC(=O)CNS(=O)(=O)c2ccc(C(=N)SC)cc2)C(=O)O)cc1. The molecule has 9 nitrogen and oxygen atoms in total. The molecular weight excluding hydrogens is 484 g/mol. The third kappa shape index (κ3) is 7.70. The van der Waals surface area contributed by atoms with Gasteiger partial charge in [0, 0.05) is 17.5 Å². The fourth-order valence-electron chi connectivity index (χ4n) is 2.74. The molecule has 12 heteroatoms. The summed E-state index contributed by atoms with van der Waals surface area (Å²) < 4.78 is 27.0. The maximum Gasteiger partial charge on any atom is 0.326 e. The summed E-state index contributed by atoms with van der Waals surface area (Å²) in [4.78, 5) is 23.7. The van der Waals surface area contributed by atoms with E-state index in [1.54, 1.807) is 36.8 Å². The topological polar surface area (TPSA) is 160 Å². The number of nitrogens with one attached hydrogen (secondary N) is 4. The van der Waals surface area contributed by atoms with Crippen molar-refractivity contribution in [2.75, 3.05) is 19.1 Å². The highest BCUT2D eigenvalue weighted by Crippen LogP contribution is 2.15. The third-order valence-corrected chi connectivity index (χ3v) is 7.25. The van der Waals surface area contributed by atoms with E-state index in [4.69, 9.17) is 10.8 Å². The normalized spacial score (nSPS) is 12.1. The molecule has 0 aliphatic carbocycles. The van der Waals surface area contributed by atoms with Gasteiger partial charge in [0.1, 0.15) is 6.04 Å². The molecule has 5 N–H and O–H groups in total. The minimum absolute atomic E-state index is 0.00354. The van der Waals surface area contributed by atoms with Gasteiger partial charge in [0.25, 0.3) is 0 Å². The summed E-state index contributed by atoms with van der Waals surface area (Å²) in [5, 5.41) is 28.0. The molecule has 2 rings (SSSR count). The Labute approximate surface area is 200 Å². The molecule has 1 amide bonds. The molecule has 1 atom stereocenters. The summed E-state index contributed by atoms with van der Waals surface area (Å²) >= 11 is 2.51. The van der Waals surface area contributed by atoms with Crippen LogP contribution in [0.25, 0.3) is 0 Å². The van der Waals surface area contributed by atoms with Crippen molar-refractivity contribution < 1.29 is 23.1 Å². The quantitative estimate of drug-likeness (QED) is 0.243. The Balaban J connectivity index is 1.98. The predicted molar refractivity (Wildman–Crippen MR) is 132 cm³/mol. The molecule has 0 radical (unpaired) electrons. The Kier molecular flexibility index (Phi) is 9.65. The number of hydrogen-bond donors (Lipinski definition) is 5. The van der Waals surface area contributed by atoms with Gasteiger partial charge < -0.3 is 10.4 Å². The first-order valence-electron chi connectivity index (χ1n) is 9.54. The summed E-state index contributed by atoms with van der Waals surface area (Å²) in [5.41, 5.74) is 1.92. The number of benzene rings is 2. The number of amides is 1. The lowest BCUT2D eigenvalue weighted by Crippen LogP contribution is -2.46. The Morgan fingerprint density at radius 3 is 1.88 bits per heavy atom. The lowest BCUT2D eigenvalue weighted by molar-refractivity contribution is -0.141. The van der Waals surface area contributed by atoms with Crippen LogP contribution in [-0.2, 0) is 26.0 Å². The molecule has 176 valence electrons. The first-order chi connectivity index (χ1) is 15.6. The Hall–Kier alpha value is -2.67. The van der Waals surface area contributed by atoms with E-state index < -0.39 is 34.5 Å². The van der Waals surface area contributed by atoms with E-state index in [-0.39, 0.29) is 11.3 Å². The van der Waals surface area contributed by atoms with Crippen molar-refractivity contribution in [1.82, 2.24) is 10.0 Å². The lowest BCUT2D eigenvalue weighted by atomic mass is 10.0. The van der Waals surface area contributed by atoms with Gasteiger partial charge in [-0.25, -0.2) is 17.9 Å². The molecular formula is C21H24N4O5S3. The first kappa shape index (κ1) is 26.6. The molecule has 0 aliphatic rings. The molecule has 0 heterocycles. The second-order valence-electron chi connectivity index (χ2n) is 6.77. The van der Waals surface area contributed by atoms with E-state index in [1.165, 1.54) is 47.8 Å². The average molecular weight is 509 g/mol. The van der Waals surface area contributed by atoms with Crippen LogP contribution in [0.2, 0.25) is 0 Å². The van der Waals surface area contributed by atoms with E-state index in [0.29, 0.717) is 26.8 Å². The smallest absolute Gasteiger partial charge is 0.326 e. The molecule has 0 aliphatic heterocycles. The average Bonchev–Trinajstić information content (AvgIpc) is 2.81. The number of rotatable bonds is 10. The van der Waals surface area contributed by atoms with E-state index in [0.717, 1.165) is 0 Å². The van der Waals surface area contributed by atoms with Gasteiger partial charge in [-0.15, -0.1) is 23.5 Å². The van der Waals surface area contributed by atoms with E-state index in [9.17, 15) is 23.1 Å². The highest BCUT2D eigenvalue weighted by Gasteiger charge is 2.22. The van der Waals surface area contributed by atoms with Crippen LogP contribution in [0.3, 0.4) is 0 Å². The maximum absolute atomic E-state index is 12.4. The largest absolute Gasteiger partial charge is 0.480 e. The second kappa shape index (κ2) is 12.0. The van der Waals surface area contributed by atoms with Crippen molar-refractivity contribution in [3.63, 3.8) is 0 Å². The minimum atomic E-state index is -3.99. The third-order valence-electron chi connectivity index (χ3n) is 4.55. The fraction of sp³-hybridized carbons (Fsp3) is 0.238. The zero-order chi connectivity index (χ0) is 24.6. The summed E-state index contributed by atoms with van der Waals surface area (Å²) in [5.74, 6) is -2.04. The number of carboxylic acids is 1. The number of carboxylic acid groups (broad SMARTS) is 1. The van der Waals surface area contributed by atoms with Crippen LogP contribution in [0.4, 0.5) is 0 Å². The molecule has 0 saturated carbocycles. The van der Waals surface area contributed by atoms with E-state index in [2.05, 4.69) is 10.0 Å². The lowest BCUT2D eigenvalue weighted by Gasteiger charge is -2.15. The summed E-state index contributed by atoms with van der Waals surface area (Å²) in [6.45, 7) is -0.627. The molecule has 0 bridgehead atoms. The standard InChI is InChI=1S/C21H24N4O5S3/c1-31-19(22)14-5-3-13(4-6-14)11-17(21(27)28)25-18(26)12-24-33(29,30)16-9-7-15(8-10-16)20(23)32-2/h3-10,17,22-24H,11-12H2,1-2H3,(H,25,26)(H,27,28). The molecule has 0 fully saturated rings. The van der Waals surface area contributed by atoms with Crippen LogP contribution in [-0.4, -0.2) is 60.6 Å². The Bertz CT molecular complexity index is 1130. The number of thioether (sulfide) groups is 2. The van der Waals surface area contributed by atoms with Gasteiger partial charge in [-0.3, -0.25) is 15.6 Å². The van der Waals surface area contributed by atoms with Crippen molar-refractivity contribution in [2.24, 2.45) is 0 Å². The minimum Gasteiger partial charge on any atom is -0.480 e. The molecule has 0 spiro atoms. The zero-order valence-electron chi connectivity index (χ0n) is 17.9. The van der Waals surface area contributed by atoms with Gasteiger partial charge in [-0.2, -0.15) is 0 Å². The van der Waals surface area contributed by atoms with Gasteiger partial charge in [-0.1, -0.05) is 36.4 Å². The highest BCUT2D eigenvalue weighted by molar-refractivity contribution is 8.14. The zero-order valence-corrected chi connectivity index (χ0v) is 20.4. The van der Waals surface area contributed by atoms with Gasteiger partial charge in [0.05, 0.1) is 21.5 Å². The van der Waals surface area contributed by atoms with Crippen LogP contribution in [0.1, 0.15) is 16.7 Å². The number of carbonyl (C=O) groups excluding carboxylic acids is 1. The molecule has 2 aromatic rings. The number of hydrogen-bond acceptors (Lipinski definition) is 8. The van der Waals surface area contributed by atoms with Crippen molar-refractivity contribution in [3.8, 4) is 0 Å². The van der Waals surface area contributed by atoms with Crippen molar-refractivity contribution in [3.05, 3.63) is 65.2 Å². The second-order valence-corrected chi connectivity index (χ2v) is 10.2. The van der Waals surface area contributed by atoms with Crippen LogP contribution in [0.5, 0.6) is 0 Å². The van der Waals surface area contributed by atoms with Crippen LogP contribution >= 0.6 is 23.5 Å². The molecule has 0 saturated heterocycles. The monoisotopic (exact) mass is 508 g/mol. The Morgan fingerprint density at radius 2 is 1.42 bits per heavy atom. The highest BCUT2D eigenvalue weighted by atomic mass is 32.2. The van der Waals surface area contributed by atoms with Crippen LogP contribution in [0.15, 0.2) is 53.4 Å². The predicted octanol–water partition coefficient (Wildman–Crippen LogP) is 2.15. The van der Waals surface area contributed by atoms with Crippen molar-refractivity contribution in [1.29, 1.82) is 10.8 Å². The summed E-state index contributed by atoms with van der Waals surface area (Å²) in [6.07, 6.45) is 3.53. The number of carbonyl (C=O) groups is 2. The van der Waals surface area contributed by atoms with E-state index in [1.807, 2.05) is 0 Å². The first-order valence-corrected chi connectivity index (χ1v) is 13.5. The maximum atomic E-state index is 12.4. The van der Waals surface area contributed by atoms with Crippen LogP contribution in [0, 0.1) is 10.8 Å². The molecule has 2 aromatic carbocycles. The molecule has 33 heavy (non-hydrogen) atoms. The Morgan fingerprint density at radius 1 is 0.939 bits per heavy atom. The molecule has 1 unspecified atom stereocenters.